The van der Waals surface area contributed by atoms with Crippen molar-refractivity contribution in [3.8, 4) is 11.5 Å². The largest absolute Gasteiger partial charge is 0.454 e. The van der Waals surface area contributed by atoms with Crippen LogP contribution in [-0.2, 0) is 13.0 Å². The first-order valence-electron chi connectivity index (χ1n) is 11.0. The van der Waals surface area contributed by atoms with E-state index in [1.54, 1.807) is 0 Å². The molecule has 1 aromatic carbocycles. The van der Waals surface area contributed by atoms with Gasteiger partial charge in [0.1, 0.15) is 0 Å². The van der Waals surface area contributed by atoms with Gasteiger partial charge in [-0.15, -0.1) is 11.3 Å². The topological polar surface area (TPSA) is 58.1 Å². The van der Waals surface area contributed by atoms with Gasteiger partial charge >= 0.3 is 0 Å². The Labute approximate surface area is 183 Å². The second-order valence-corrected chi connectivity index (χ2v) is 8.92. The van der Waals surface area contributed by atoms with Crippen molar-refractivity contribution in [2.75, 3.05) is 39.5 Å². The standard InChI is InChI=1S/C23H32N4O2S/c1-2-24-23(25-10-7-18-5-6-21-22(14-18)29-17-28-21)26-15-19-8-11-27(12-9-19)16-20-4-3-13-30-20/h3-6,13-14,19H,2,7-12,15-17H2,1H3,(H2,24,25,26). The van der Waals surface area contributed by atoms with Gasteiger partial charge in [0.05, 0.1) is 0 Å². The number of rotatable bonds is 8. The Morgan fingerprint density at radius 1 is 1.17 bits per heavy atom. The summed E-state index contributed by atoms with van der Waals surface area (Å²) in [6.07, 6.45) is 3.37. The summed E-state index contributed by atoms with van der Waals surface area (Å²) < 4.78 is 10.8. The Kier molecular flexibility index (Phi) is 7.48. The van der Waals surface area contributed by atoms with Gasteiger partial charge in [0, 0.05) is 31.1 Å². The Bertz CT molecular complexity index is 817. The zero-order valence-corrected chi connectivity index (χ0v) is 18.5. The zero-order valence-electron chi connectivity index (χ0n) is 17.7. The van der Waals surface area contributed by atoms with Crippen molar-refractivity contribution in [3.05, 3.63) is 46.2 Å². The molecule has 3 heterocycles. The van der Waals surface area contributed by atoms with E-state index in [0.29, 0.717) is 12.7 Å². The number of piperidine rings is 1. The molecule has 162 valence electrons. The Hall–Kier alpha value is -2.25. The van der Waals surface area contributed by atoms with Crippen LogP contribution >= 0.6 is 11.3 Å². The van der Waals surface area contributed by atoms with Crippen molar-refractivity contribution in [2.45, 2.75) is 32.7 Å². The summed E-state index contributed by atoms with van der Waals surface area (Å²) >= 11 is 1.86. The molecule has 0 bridgehead atoms. The minimum Gasteiger partial charge on any atom is -0.454 e. The zero-order chi connectivity index (χ0) is 20.6. The summed E-state index contributed by atoms with van der Waals surface area (Å²) in [7, 11) is 0. The van der Waals surface area contributed by atoms with E-state index in [-0.39, 0.29) is 0 Å². The van der Waals surface area contributed by atoms with Crippen LogP contribution in [0.3, 0.4) is 0 Å². The van der Waals surface area contributed by atoms with Crippen molar-refractivity contribution in [2.24, 2.45) is 10.9 Å². The van der Waals surface area contributed by atoms with E-state index in [1.165, 1.54) is 36.4 Å². The molecule has 6 nitrogen and oxygen atoms in total. The molecule has 0 saturated carbocycles. The highest BCUT2D eigenvalue weighted by Crippen LogP contribution is 2.32. The monoisotopic (exact) mass is 428 g/mol. The number of guanidine groups is 1. The smallest absolute Gasteiger partial charge is 0.231 e. The van der Waals surface area contributed by atoms with Gasteiger partial charge in [0.2, 0.25) is 6.79 Å². The average molecular weight is 429 g/mol. The minimum atomic E-state index is 0.321. The molecule has 0 amide bonds. The van der Waals surface area contributed by atoms with E-state index in [4.69, 9.17) is 14.5 Å². The number of likely N-dealkylation sites (tertiary alicyclic amines) is 1. The van der Waals surface area contributed by atoms with Gasteiger partial charge in [-0.1, -0.05) is 12.1 Å². The summed E-state index contributed by atoms with van der Waals surface area (Å²) in [6.45, 7) is 8.47. The van der Waals surface area contributed by atoms with Crippen LogP contribution in [0, 0.1) is 5.92 Å². The highest BCUT2D eigenvalue weighted by atomic mass is 32.1. The molecule has 2 aliphatic heterocycles. The fourth-order valence-corrected chi connectivity index (χ4v) is 4.68. The molecule has 0 radical (unpaired) electrons. The molecule has 4 rings (SSSR count). The lowest BCUT2D eigenvalue weighted by molar-refractivity contribution is 0.174. The lowest BCUT2D eigenvalue weighted by Gasteiger charge is -2.31. The van der Waals surface area contributed by atoms with Crippen LogP contribution in [0.5, 0.6) is 11.5 Å². The SMILES string of the molecule is CCNC(=NCC1CCN(Cc2cccs2)CC1)NCCc1ccc2c(c1)OCO2. The summed E-state index contributed by atoms with van der Waals surface area (Å²) in [5, 5.41) is 9.01. The number of nitrogens with zero attached hydrogens (tertiary/aromatic N) is 2. The molecule has 0 atom stereocenters. The van der Waals surface area contributed by atoms with E-state index in [1.807, 2.05) is 17.4 Å². The maximum atomic E-state index is 5.47. The molecule has 0 aliphatic carbocycles. The van der Waals surface area contributed by atoms with Crippen LogP contribution in [0.25, 0.3) is 0 Å². The van der Waals surface area contributed by atoms with Crippen LogP contribution in [-0.4, -0.2) is 50.4 Å². The third kappa shape index (κ3) is 5.89. The number of nitrogens with one attached hydrogen (secondary N) is 2. The fourth-order valence-electron chi connectivity index (χ4n) is 3.93. The Morgan fingerprint density at radius 3 is 2.83 bits per heavy atom. The Morgan fingerprint density at radius 2 is 2.03 bits per heavy atom. The lowest BCUT2D eigenvalue weighted by Crippen LogP contribution is -2.39. The van der Waals surface area contributed by atoms with Crippen LogP contribution < -0.4 is 20.1 Å². The maximum Gasteiger partial charge on any atom is 0.231 e. The van der Waals surface area contributed by atoms with Gasteiger partial charge < -0.3 is 20.1 Å². The van der Waals surface area contributed by atoms with Gasteiger partial charge in [-0.05, 0) is 74.3 Å². The van der Waals surface area contributed by atoms with Crippen LogP contribution in [0.15, 0.2) is 40.7 Å². The van der Waals surface area contributed by atoms with Crippen molar-refractivity contribution < 1.29 is 9.47 Å². The predicted molar refractivity (Wildman–Crippen MR) is 123 cm³/mol. The average Bonchev–Trinajstić information content (AvgIpc) is 3.44. The van der Waals surface area contributed by atoms with Crippen molar-refractivity contribution in [3.63, 3.8) is 0 Å². The molecule has 1 saturated heterocycles. The fraction of sp³-hybridized carbons (Fsp3) is 0.522. The number of aliphatic imine (C=N–C) groups is 1. The number of hydrogen-bond acceptors (Lipinski definition) is 5. The van der Waals surface area contributed by atoms with Crippen LogP contribution in [0.1, 0.15) is 30.2 Å². The third-order valence-electron chi connectivity index (χ3n) is 5.66. The van der Waals surface area contributed by atoms with Crippen LogP contribution in [0.4, 0.5) is 0 Å². The lowest BCUT2D eigenvalue weighted by atomic mass is 9.97. The molecule has 2 aliphatic rings. The van der Waals surface area contributed by atoms with E-state index in [2.05, 4.69) is 52.1 Å². The van der Waals surface area contributed by atoms with E-state index < -0.39 is 0 Å². The second-order valence-electron chi connectivity index (χ2n) is 7.88. The number of hydrogen-bond donors (Lipinski definition) is 2. The first kappa shape index (κ1) is 21.0. The molecule has 1 fully saturated rings. The minimum absolute atomic E-state index is 0.321. The predicted octanol–water partition coefficient (Wildman–Crippen LogP) is 3.49. The van der Waals surface area contributed by atoms with Gasteiger partial charge in [-0.3, -0.25) is 9.89 Å². The molecule has 0 unspecified atom stereocenters. The summed E-state index contributed by atoms with van der Waals surface area (Å²) in [5.74, 6) is 3.27. The van der Waals surface area contributed by atoms with Crippen molar-refractivity contribution in [1.29, 1.82) is 0 Å². The molecule has 7 heteroatoms. The summed E-state index contributed by atoms with van der Waals surface area (Å²) in [4.78, 5) is 8.90. The van der Waals surface area contributed by atoms with Gasteiger partial charge in [-0.2, -0.15) is 0 Å². The third-order valence-corrected chi connectivity index (χ3v) is 6.52. The molecule has 2 N–H and O–H groups in total. The normalized spacial score (nSPS) is 17.3. The number of fused-ring (bicyclic) bond motifs is 1. The quantitative estimate of drug-likeness (QED) is 0.498. The van der Waals surface area contributed by atoms with Crippen LogP contribution in [0.2, 0.25) is 0 Å². The van der Waals surface area contributed by atoms with Gasteiger partial charge in [-0.25, -0.2) is 0 Å². The maximum absolute atomic E-state index is 5.47. The molecule has 0 spiro atoms. The second kappa shape index (κ2) is 10.7. The molecular weight excluding hydrogens is 396 g/mol. The molecule has 2 aromatic rings. The molecule has 30 heavy (non-hydrogen) atoms. The highest BCUT2D eigenvalue weighted by Gasteiger charge is 2.19. The highest BCUT2D eigenvalue weighted by molar-refractivity contribution is 7.09. The van der Waals surface area contributed by atoms with Crippen molar-refractivity contribution >= 4 is 17.3 Å². The van der Waals surface area contributed by atoms with E-state index in [9.17, 15) is 0 Å². The van der Waals surface area contributed by atoms with Crippen molar-refractivity contribution in [1.82, 2.24) is 15.5 Å². The van der Waals surface area contributed by atoms with E-state index in [0.717, 1.165) is 50.1 Å². The summed E-state index contributed by atoms with van der Waals surface area (Å²) in [5.41, 5.74) is 1.24. The first-order chi connectivity index (χ1) is 14.8. The summed E-state index contributed by atoms with van der Waals surface area (Å²) in [6, 6.07) is 10.5. The Balaban J connectivity index is 1.20. The number of thiophene rings is 1. The van der Waals surface area contributed by atoms with Gasteiger partial charge in [0.25, 0.3) is 0 Å². The first-order valence-corrected chi connectivity index (χ1v) is 11.8. The molecular formula is C23H32N4O2S. The number of benzene rings is 1. The number of ether oxygens (including phenoxy) is 2. The van der Waals surface area contributed by atoms with E-state index >= 15 is 0 Å². The van der Waals surface area contributed by atoms with Gasteiger partial charge in [0.15, 0.2) is 17.5 Å². The molecule has 1 aromatic heterocycles.